The summed E-state index contributed by atoms with van der Waals surface area (Å²) in [5.41, 5.74) is 0. The van der Waals surface area contributed by atoms with Gasteiger partial charge >= 0.3 is 19.8 Å². The van der Waals surface area contributed by atoms with E-state index in [0.29, 0.717) is 19.3 Å². The predicted molar refractivity (Wildman–Crippen MR) is 199 cm³/mol. The summed E-state index contributed by atoms with van der Waals surface area (Å²) in [5.74, 6) is -1.81. The summed E-state index contributed by atoms with van der Waals surface area (Å²) in [6, 6.07) is 0. The van der Waals surface area contributed by atoms with Gasteiger partial charge in [-0.2, -0.15) is 0 Å². The molecule has 0 aromatic heterocycles. The normalized spacial score (nSPS) is 21.0. The number of hydrogen-bond acceptors (Lipinski definition) is 9. The number of hydrogen-bond donors (Lipinski definition) is 5. The van der Waals surface area contributed by atoms with Crippen molar-refractivity contribution in [1.29, 1.82) is 0 Å². The maximum Gasteiger partial charge on any atom is 0.469 e. The number of carbonyl (C=O) groups excluding carboxylic acids is 2. The lowest BCUT2D eigenvalue weighted by Crippen LogP contribution is -2.29. The van der Waals surface area contributed by atoms with Crippen LogP contribution in [0.5, 0.6) is 0 Å². The average Bonchev–Trinajstić information content (AvgIpc) is 3.35. The van der Waals surface area contributed by atoms with Gasteiger partial charge in [-0.15, -0.1) is 0 Å². The molecule has 1 saturated carbocycles. The molecular formula is C39H67O11P. The standard InChI is InChI=1S/C39H67O11P/c1-3-5-7-8-9-10-11-12-13-14-15-16-17-18-20-26-39(44)50-33(31-49-51(45,46)47)30-48-38(43)25-22-21-24-34-35(37(42)29-36(34)41)28-27-32(40)23-19-6-4-2/h10-13,21-22,27-28,32-37,40-42H,3-9,14-20,23-26,29-31H2,1-2H3,(H2,45,46,47)/b11-10-,13-12-,22-21-,28-27+/t32-,33-,34+,35-,36+,37-/m1/s1. The van der Waals surface area contributed by atoms with Gasteiger partial charge in [0.05, 0.1) is 31.3 Å². The molecule has 11 nitrogen and oxygen atoms in total. The van der Waals surface area contributed by atoms with Gasteiger partial charge in [-0.25, -0.2) is 4.57 Å². The number of unbranched alkanes of at least 4 members (excludes halogenated alkanes) is 11. The van der Waals surface area contributed by atoms with E-state index in [4.69, 9.17) is 19.3 Å². The summed E-state index contributed by atoms with van der Waals surface area (Å²) < 4.78 is 26.2. The van der Waals surface area contributed by atoms with E-state index in [1.54, 1.807) is 24.3 Å². The van der Waals surface area contributed by atoms with Crippen molar-refractivity contribution in [3.63, 3.8) is 0 Å². The maximum atomic E-state index is 12.4. The van der Waals surface area contributed by atoms with Crippen LogP contribution >= 0.6 is 7.82 Å². The Balaban J connectivity index is 2.40. The minimum atomic E-state index is -4.84. The second kappa shape index (κ2) is 29.4. The SMILES string of the molecule is CCCCCC/C=C\C=C/CCCCCCCC(=O)O[C@H](COC(=O)C/C=C\C[C@H]1[C@@H](/C=C/[C@H](O)CCCCC)[C@H](O)C[C@@H]1O)COP(=O)(O)O. The summed E-state index contributed by atoms with van der Waals surface area (Å²) in [6.07, 6.45) is 28.2. The first kappa shape index (κ1) is 46.9. The molecule has 0 bridgehead atoms. The Hall–Kier alpha value is -2.11. The van der Waals surface area contributed by atoms with Gasteiger partial charge in [-0.1, -0.05) is 120 Å². The molecule has 0 spiro atoms. The van der Waals surface area contributed by atoms with Crippen molar-refractivity contribution >= 4 is 19.8 Å². The molecule has 0 aromatic rings. The number of phosphoric ester groups is 1. The molecule has 0 aliphatic heterocycles. The van der Waals surface area contributed by atoms with E-state index in [2.05, 4.69) is 42.7 Å². The highest BCUT2D eigenvalue weighted by Crippen LogP contribution is 2.37. The van der Waals surface area contributed by atoms with Crippen LogP contribution in [0.1, 0.15) is 136 Å². The Bertz CT molecular complexity index is 1080. The van der Waals surface area contributed by atoms with Crippen molar-refractivity contribution < 1.29 is 53.3 Å². The van der Waals surface area contributed by atoms with Crippen LogP contribution < -0.4 is 0 Å². The lowest BCUT2D eigenvalue weighted by Gasteiger charge is -2.19. The summed E-state index contributed by atoms with van der Waals surface area (Å²) in [6.45, 7) is 3.24. The first-order chi connectivity index (χ1) is 24.5. The molecule has 0 saturated heterocycles. The van der Waals surface area contributed by atoms with Gasteiger partial charge in [0.15, 0.2) is 6.10 Å². The molecule has 1 aliphatic rings. The zero-order valence-corrected chi connectivity index (χ0v) is 32.0. The van der Waals surface area contributed by atoms with Crippen molar-refractivity contribution in [3.8, 4) is 0 Å². The molecule has 1 rings (SSSR count). The summed E-state index contributed by atoms with van der Waals surface area (Å²) in [4.78, 5) is 43.0. The van der Waals surface area contributed by atoms with E-state index in [9.17, 15) is 29.5 Å². The third-order valence-electron chi connectivity index (χ3n) is 8.95. The number of rotatable bonds is 30. The third kappa shape index (κ3) is 25.5. The van der Waals surface area contributed by atoms with Crippen LogP contribution in [0.15, 0.2) is 48.6 Å². The Labute approximate surface area is 306 Å². The van der Waals surface area contributed by atoms with Crippen molar-refractivity contribution in [3.05, 3.63) is 48.6 Å². The molecule has 6 atom stereocenters. The van der Waals surface area contributed by atoms with Crippen LogP contribution in [-0.4, -0.2) is 74.7 Å². The van der Waals surface area contributed by atoms with Gasteiger partial charge in [0.25, 0.3) is 0 Å². The van der Waals surface area contributed by atoms with E-state index in [1.807, 2.05) is 0 Å². The largest absolute Gasteiger partial charge is 0.469 e. The molecule has 0 unspecified atom stereocenters. The van der Waals surface area contributed by atoms with E-state index < -0.39 is 57.4 Å². The lowest BCUT2D eigenvalue weighted by atomic mass is 9.89. The van der Waals surface area contributed by atoms with Gasteiger partial charge in [-0.05, 0) is 50.9 Å². The van der Waals surface area contributed by atoms with Crippen molar-refractivity contribution in [2.45, 2.75) is 160 Å². The highest BCUT2D eigenvalue weighted by atomic mass is 31.2. The Morgan fingerprint density at radius 1 is 0.784 bits per heavy atom. The topological polar surface area (TPSA) is 180 Å². The van der Waals surface area contributed by atoms with Gasteiger partial charge < -0.3 is 34.6 Å². The van der Waals surface area contributed by atoms with Gasteiger partial charge in [0.2, 0.25) is 0 Å². The summed E-state index contributed by atoms with van der Waals surface area (Å²) in [5, 5.41) is 31.1. The first-order valence-corrected chi connectivity index (χ1v) is 20.7. The number of aliphatic hydroxyl groups is 3. The van der Waals surface area contributed by atoms with Crippen LogP contribution in [0.4, 0.5) is 0 Å². The molecule has 294 valence electrons. The average molecular weight is 743 g/mol. The van der Waals surface area contributed by atoms with E-state index in [1.165, 1.54) is 25.7 Å². The Kier molecular flexibility index (Phi) is 27.0. The second-order valence-corrected chi connectivity index (χ2v) is 14.8. The summed E-state index contributed by atoms with van der Waals surface area (Å²) >= 11 is 0. The van der Waals surface area contributed by atoms with E-state index in [-0.39, 0.29) is 31.1 Å². The molecule has 12 heteroatoms. The van der Waals surface area contributed by atoms with Crippen LogP contribution in [0.3, 0.4) is 0 Å². The molecular weight excluding hydrogens is 675 g/mol. The minimum absolute atomic E-state index is 0.117. The number of phosphoric acid groups is 1. The molecule has 5 N–H and O–H groups in total. The number of ether oxygens (including phenoxy) is 2. The number of aliphatic hydroxyl groups excluding tert-OH is 3. The fourth-order valence-corrected chi connectivity index (χ4v) is 6.34. The molecule has 51 heavy (non-hydrogen) atoms. The van der Waals surface area contributed by atoms with Gasteiger partial charge in [-0.3, -0.25) is 14.1 Å². The first-order valence-electron chi connectivity index (χ1n) is 19.2. The smallest absolute Gasteiger partial charge is 0.461 e. The summed E-state index contributed by atoms with van der Waals surface area (Å²) in [7, 11) is -4.84. The van der Waals surface area contributed by atoms with Crippen LogP contribution in [-0.2, 0) is 28.2 Å². The number of carbonyl (C=O) groups is 2. The molecule has 1 aliphatic carbocycles. The second-order valence-electron chi connectivity index (χ2n) is 13.6. The number of esters is 2. The fourth-order valence-electron chi connectivity index (χ4n) is 5.98. The molecule has 0 aromatic carbocycles. The zero-order chi connectivity index (χ0) is 37.7. The molecule has 0 amide bonds. The van der Waals surface area contributed by atoms with Crippen molar-refractivity contribution in [1.82, 2.24) is 0 Å². The Morgan fingerprint density at radius 2 is 1.41 bits per heavy atom. The van der Waals surface area contributed by atoms with Crippen molar-refractivity contribution in [2.24, 2.45) is 11.8 Å². The highest BCUT2D eigenvalue weighted by molar-refractivity contribution is 7.46. The van der Waals surface area contributed by atoms with Crippen LogP contribution in [0.25, 0.3) is 0 Å². The van der Waals surface area contributed by atoms with Gasteiger partial charge in [0, 0.05) is 18.8 Å². The zero-order valence-electron chi connectivity index (χ0n) is 31.1. The van der Waals surface area contributed by atoms with E-state index >= 15 is 0 Å². The van der Waals surface area contributed by atoms with Gasteiger partial charge in [0.1, 0.15) is 6.61 Å². The fraction of sp³-hybridized carbons (Fsp3) is 0.744. The molecule has 1 fully saturated rings. The van der Waals surface area contributed by atoms with Crippen molar-refractivity contribution in [2.75, 3.05) is 13.2 Å². The minimum Gasteiger partial charge on any atom is -0.461 e. The highest BCUT2D eigenvalue weighted by Gasteiger charge is 2.39. The van der Waals surface area contributed by atoms with E-state index in [0.717, 1.165) is 57.8 Å². The quantitative estimate of drug-likeness (QED) is 0.0161. The Morgan fingerprint density at radius 3 is 2.08 bits per heavy atom. The predicted octanol–water partition coefficient (Wildman–Crippen LogP) is 7.56. The molecule has 0 radical (unpaired) electrons. The van der Waals surface area contributed by atoms with Crippen LogP contribution in [0, 0.1) is 11.8 Å². The molecule has 0 heterocycles. The van der Waals surface area contributed by atoms with Crippen LogP contribution in [0.2, 0.25) is 0 Å². The maximum absolute atomic E-state index is 12.4. The lowest BCUT2D eigenvalue weighted by molar-refractivity contribution is -0.160. The third-order valence-corrected chi connectivity index (χ3v) is 9.44. The number of allylic oxidation sites excluding steroid dienone is 5. The monoisotopic (exact) mass is 742 g/mol.